The van der Waals surface area contributed by atoms with E-state index in [2.05, 4.69) is 10.3 Å². The number of carbonyl (C=O) groups is 2. The smallest absolute Gasteiger partial charge is 0.409 e. The Labute approximate surface area is 168 Å². The van der Waals surface area contributed by atoms with Crippen molar-refractivity contribution in [2.45, 2.75) is 45.2 Å². The number of thiazole rings is 1. The quantitative estimate of drug-likeness (QED) is 0.826. The van der Waals surface area contributed by atoms with Gasteiger partial charge in [0.25, 0.3) is 5.91 Å². The van der Waals surface area contributed by atoms with Gasteiger partial charge in [0.15, 0.2) is 10.7 Å². The number of hydrogen-bond acceptors (Lipinski definition) is 6. The largest absolute Gasteiger partial charge is 0.450 e. The lowest BCUT2D eigenvalue weighted by molar-refractivity contribution is 0.0785. The van der Waals surface area contributed by atoms with Crippen LogP contribution < -0.4 is 5.32 Å². The molecule has 0 unspecified atom stereocenters. The van der Waals surface area contributed by atoms with Crippen LogP contribution in [0.1, 0.15) is 48.8 Å². The lowest BCUT2D eigenvalue weighted by Crippen LogP contribution is -2.45. The molecule has 2 aromatic heterocycles. The maximum atomic E-state index is 12.9. The molecule has 152 valence electrons. The van der Waals surface area contributed by atoms with Gasteiger partial charge in [0.1, 0.15) is 0 Å². The zero-order valence-corrected chi connectivity index (χ0v) is 17.0. The predicted molar refractivity (Wildman–Crippen MR) is 107 cm³/mol. The van der Waals surface area contributed by atoms with Crippen LogP contribution in [0.4, 0.5) is 4.79 Å². The van der Waals surface area contributed by atoms with E-state index in [1.165, 1.54) is 0 Å². The van der Waals surface area contributed by atoms with Gasteiger partial charge in [-0.25, -0.2) is 9.78 Å². The van der Waals surface area contributed by atoms with E-state index in [1.807, 2.05) is 27.8 Å². The third-order valence-electron chi connectivity index (χ3n) is 5.54. The molecule has 8 nitrogen and oxygen atoms in total. The molecule has 2 fully saturated rings. The van der Waals surface area contributed by atoms with Gasteiger partial charge in [-0.1, -0.05) is 0 Å². The number of aromatic nitrogens is 2. The molecule has 4 heterocycles. The van der Waals surface area contributed by atoms with Crippen molar-refractivity contribution in [1.82, 2.24) is 24.5 Å². The normalized spacial score (nSPS) is 18.2. The van der Waals surface area contributed by atoms with E-state index in [-0.39, 0.29) is 12.0 Å². The summed E-state index contributed by atoms with van der Waals surface area (Å²) in [5, 5.41) is 5.57. The zero-order chi connectivity index (χ0) is 19.5. The number of fused-ring (bicyclic) bond motifs is 1. The molecule has 0 saturated carbocycles. The zero-order valence-electron chi connectivity index (χ0n) is 16.2. The molecule has 0 aromatic carbocycles. The Hall–Kier alpha value is -2.13. The first kappa shape index (κ1) is 19.2. The first-order chi connectivity index (χ1) is 13.7. The van der Waals surface area contributed by atoms with Gasteiger partial charge < -0.3 is 19.9 Å². The number of ether oxygens (including phenoxy) is 1. The average molecular weight is 406 g/mol. The van der Waals surface area contributed by atoms with E-state index < -0.39 is 0 Å². The number of carbonyl (C=O) groups excluding carboxylic acids is 2. The Bertz CT molecular complexity index is 834. The fourth-order valence-corrected chi connectivity index (χ4v) is 4.70. The molecule has 2 amide bonds. The second kappa shape index (κ2) is 8.48. The number of piperidine rings is 1. The van der Waals surface area contributed by atoms with E-state index in [1.54, 1.807) is 16.2 Å². The summed E-state index contributed by atoms with van der Waals surface area (Å²) in [5.41, 5.74) is 1.51. The number of nitrogens with zero attached hydrogens (tertiary/aromatic N) is 4. The van der Waals surface area contributed by atoms with Crippen LogP contribution in [0.15, 0.2) is 11.6 Å². The summed E-state index contributed by atoms with van der Waals surface area (Å²) in [5.74, 6) is 0.0438. The van der Waals surface area contributed by atoms with Gasteiger partial charge >= 0.3 is 6.09 Å². The minimum Gasteiger partial charge on any atom is -0.450 e. The van der Waals surface area contributed by atoms with Crippen molar-refractivity contribution in [2.75, 3.05) is 32.8 Å². The topological polar surface area (TPSA) is 79.2 Å². The predicted octanol–water partition coefficient (Wildman–Crippen LogP) is 2.34. The van der Waals surface area contributed by atoms with Crippen molar-refractivity contribution in [3.63, 3.8) is 0 Å². The molecule has 28 heavy (non-hydrogen) atoms. The fourth-order valence-electron chi connectivity index (χ4n) is 3.96. The summed E-state index contributed by atoms with van der Waals surface area (Å²) in [7, 11) is 0. The second-order valence-corrected chi connectivity index (χ2v) is 8.18. The molecule has 2 aliphatic rings. The van der Waals surface area contributed by atoms with Crippen LogP contribution in [0.5, 0.6) is 0 Å². The first-order valence-corrected chi connectivity index (χ1v) is 10.9. The van der Waals surface area contributed by atoms with Crippen molar-refractivity contribution < 1.29 is 14.3 Å². The number of rotatable bonds is 5. The molecule has 4 rings (SSSR count). The standard InChI is InChI=1S/C19H27N5O3S/c1-2-27-19(26)23-9-5-14(6-10-23)20-13-15-16(17(25)22-7-3-4-8-22)21-18-24(15)11-12-28-18/h11-12,14,20H,2-10,13H2,1H3. The molecular formula is C19H27N5O3S. The van der Waals surface area contributed by atoms with Crippen LogP contribution >= 0.6 is 11.3 Å². The van der Waals surface area contributed by atoms with Gasteiger partial charge in [-0.15, -0.1) is 11.3 Å². The highest BCUT2D eigenvalue weighted by Crippen LogP contribution is 2.21. The first-order valence-electron chi connectivity index (χ1n) is 10.1. The molecule has 0 atom stereocenters. The number of hydrogen-bond donors (Lipinski definition) is 1. The van der Waals surface area contributed by atoms with Crippen LogP contribution in [0, 0.1) is 0 Å². The molecular weight excluding hydrogens is 378 g/mol. The van der Waals surface area contributed by atoms with Crippen molar-refractivity contribution >= 4 is 28.3 Å². The number of amides is 2. The Morgan fingerprint density at radius 1 is 1.21 bits per heavy atom. The highest BCUT2D eigenvalue weighted by Gasteiger charge is 2.28. The minimum atomic E-state index is -0.227. The molecule has 0 aliphatic carbocycles. The summed E-state index contributed by atoms with van der Waals surface area (Å²) < 4.78 is 7.10. The van der Waals surface area contributed by atoms with E-state index in [4.69, 9.17) is 4.74 Å². The Morgan fingerprint density at radius 2 is 1.96 bits per heavy atom. The summed E-state index contributed by atoms with van der Waals surface area (Å²) in [6.07, 6.45) is 5.64. The summed E-state index contributed by atoms with van der Waals surface area (Å²) in [6.45, 7) is 5.85. The summed E-state index contributed by atoms with van der Waals surface area (Å²) in [4.78, 5) is 33.9. The molecule has 2 saturated heterocycles. The van der Waals surface area contributed by atoms with E-state index in [0.717, 1.165) is 49.4 Å². The third-order valence-corrected chi connectivity index (χ3v) is 6.29. The summed E-state index contributed by atoms with van der Waals surface area (Å²) in [6, 6.07) is 0.310. The van der Waals surface area contributed by atoms with Crippen molar-refractivity contribution in [3.05, 3.63) is 23.0 Å². The highest BCUT2D eigenvalue weighted by molar-refractivity contribution is 7.15. The van der Waals surface area contributed by atoms with Crippen LogP contribution in [0.2, 0.25) is 0 Å². The van der Waals surface area contributed by atoms with Crippen molar-refractivity contribution in [3.8, 4) is 0 Å². The lowest BCUT2D eigenvalue weighted by Gasteiger charge is -2.31. The van der Waals surface area contributed by atoms with E-state index in [9.17, 15) is 9.59 Å². The number of likely N-dealkylation sites (tertiary alicyclic amines) is 2. The third kappa shape index (κ3) is 3.86. The van der Waals surface area contributed by atoms with Crippen LogP contribution in [-0.2, 0) is 11.3 Å². The van der Waals surface area contributed by atoms with Gasteiger partial charge in [-0.05, 0) is 32.6 Å². The SMILES string of the molecule is CCOC(=O)N1CCC(NCc2c(C(=O)N3CCCC3)nc3sccn23)CC1. The number of imidazole rings is 1. The van der Waals surface area contributed by atoms with Crippen molar-refractivity contribution in [1.29, 1.82) is 0 Å². The number of nitrogens with one attached hydrogen (secondary N) is 1. The minimum absolute atomic E-state index is 0.0438. The molecule has 0 radical (unpaired) electrons. The summed E-state index contributed by atoms with van der Waals surface area (Å²) >= 11 is 1.55. The van der Waals surface area contributed by atoms with Gasteiger partial charge in [0, 0.05) is 50.3 Å². The Morgan fingerprint density at radius 3 is 2.68 bits per heavy atom. The van der Waals surface area contributed by atoms with Crippen molar-refractivity contribution in [2.24, 2.45) is 0 Å². The van der Waals surface area contributed by atoms with Gasteiger partial charge in [0.2, 0.25) is 0 Å². The van der Waals surface area contributed by atoms with Gasteiger partial charge in [-0.3, -0.25) is 9.20 Å². The maximum absolute atomic E-state index is 12.9. The van der Waals surface area contributed by atoms with Crippen LogP contribution in [0.3, 0.4) is 0 Å². The maximum Gasteiger partial charge on any atom is 0.409 e. The van der Waals surface area contributed by atoms with E-state index >= 15 is 0 Å². The fraction of sp³-hybridized carbons (Fsp3) is 0.632. The Kier molecular flexibility index (Phi) is 5.82. The molecule has 1 N–H and O–H groups in total. The monoisotopic (exact) mass is 405 g/mol. The molecule has 0 spiro atoms. The van der Waals surface area contributed by atoms with Crippen LogP contribution in [-0.4, -0.2) is 70.0 Å². The lowest BCUT2D eigenvalue weighted by atomic mass is 10.1. The average Bonchev–Trinajstić information content (AvgIpc) is 3.44. The molecule has 2 aromatic rings. The Balaban J connectivity index is 1.41. The van der Waals surface area contributed by atoms with E-state index in [0.29, 0.717) is 38.0 Å². The van der Waals surface area contributed by atoms with Crippen LogP contribution in [0.25, 0.3) is 4.96 Å². The van der Waals surface area contributed by atoms with Gasteiger partial charge in [0.05, 0.1) is 12.3 Å². The van der Waals surface area contributed by atoms with Gasteiger partial charge in [-0.2, -0.15) is 0 Å². The highest BCUT2D eigenvalue weighted by atomic mass is 32.1. The second-order valence-electron chi connectivity index (χ2n) is 7.30. The molecule has 0 bridgehead atoms. The molecule has 9 heteroatoms. The molecule has 2 aliphatic heterocycles.